The second kappa shape index (κ2) is 6.53. The summed E-state index contributed by atoms with van der Waals surface area (Å²) in [6.45, 7) is 9.25. The highest BCUT2D eigenvalue weighted by Crippen LogP contribution is 2.21. The molecule has 3 heteroatoms. The summed E-state index contributed by atoms with van der Waals surface area (Å²) < 4.78 is 0. The maximum atomic E-state index is 3.60. The Balaban J connectivity index is 1.76. The van der Waals surface area contributed by atoms with E-state index in [1.807, 2.05) is 11.3 Å². The SMILES string of the molecule is CC(C)CNCC1CCCN1Cc1cccs1. The topological polar surface area (TPSA) is 15.3 Å². The molecule has 17 heavy (non-hydrogen) atoms. The van der Waals surface area contributed by atoms with Gasteiger partial charge in [-0.05, 0) is 43.3 Å². The number of likely N-dealkylation sites (tertiary alicyclic amines) is 1. The zero-order valence-corrected chi connectivity index (χ0v) is 11.8. The van der Waals surface area contributed by atoms with E-state index in [0.29, 0.717) is 0 Å². The number of nitrogens with zero attached hydrogens (tertiary/aromatic N) is 1. The summed E-state index contributed by atoms with van der Waals surface area (Å²) in [6, 6.07) is 5.15. The Hall–Kier alpha value is -0.380. The van der Waals surface area contributed by atoms with Crippen LogP contribution in [-0.2, 0) is 6.54 Å². The van der Waals surface area contributed by atoms with Crippen molar-refractivity contribution in [1.29, 1.82) is 0 Å². The van der Waals surface area contributed by atoms with Crippen molar-refractivity contribution < 1.29 is 0 Å². The van der Waals surface area contributed by atoms with Crippen LogP contribution < -0.4 is 5.32 Å². The van der Waals surface area contributed by atoms with Crippen LogP contribution in [0.2, 0.25) is 0 Å². The van der Waals surface area contributed by atoms with Crippen molar-refractivity contribution >= 4 is 11.3 Å². The van der Waals surface area contributed by atoms with Gasteiger partial charge in [0.1, 0.15) is 0 Å². The highest BCUT2D eigenvalue weighted by molar-refractivity contribution is 7.09. The standard InChI is InChI=1S/C14H24N2S/c1-12(2)9-15-10-13-5-3-7-16(13)11-14-6-4-8-17-14/h4,6,8,12-13,15H,3,5,7,9-11H2,1-2H3. The molecule has 0 amide bonds. The normalized spacial score (nSPS) is 21.5. The molecule has 2 rings (SSSR count). The molecule has 1 aliphatic heterocycles. The van der Waals surface area contributed by atoms with Gasteiger partial charge in [-0.3, -0.25) is 4.90 Å². The lowest BCUT2D eigenvalue weighted by atomic mass is 10.2. The Labute approximate surface area is 109 Å². The Kier molecular flexibility index (Phi) is 5.01. The zero-order valence-electron chi connectivity index (χ0n) is 11.0. The highest BCUT2D eigenvalue weighted by atomic mass is 32.1. The van der Waals surface area contributed by atoms with E-state index in [4.69, 9.17) is 0 Å². The zero-order chi connectivity index (χ0) is 12.1. The first-order valence-electron chi connectivity index (χ1n) is 6.73. The third-order valence-electron chi connectivity index (χ3n) is 3.37. The largest absolute Gasteiger partial charge is 0.315 e. The van der Waals surface area contributed by atoms with Crippen molar-refractivity contribution in [3.63, 3.8) is 0 Å². The van der Waals surface area contributed by atoms with Crippen LogP contribution in [0.1, 0.15) is 31.6 Å². The van der Waals surface area contributed by atoms with Crippen LogP contribution in [0.4, 0.5) is 0 Å². The summed E-state index contributed by atoms with van der Waals surface area (Å²) in [5, 5.41) is 5.78. The molecule has 0 radical (unpaired) electrons. The van der Waals surface area contributed by atoms with E-state index in [2.05, 4.69) is 41.6 Å². The van der Waals surface area contributed by atoms with Crippen LogP contribution in [0.3, 0.4) is 0 Å². The molecule has 1 aromatic rings. The molecule has 1 atom stereocenters. The van der Waals surface area contributed by atoms with E-state index >= 15 is 0 Å². The molecule has 2 heterocycles. The van der Waals surface area contributed by atoms with Crippen molar-refractivity contribution in [3.8, 4) is 0 Å². The molecule has 1 N–H and O–H groups in total. The van der Waals surface area contributed by atoms with Crippen LogP contribution in [0.25, 0.3) is 0 Å². The Bertz CT molecular complexity index is 308. The fraction of sp³-hybridized carbons (Fsp3) is 0.714. The van der Waals surface area contributed by atoms with Crippen LogP contribution in [0.5, 0.6) is 0 Å². The maximum absolute atomic E-state index is 3.60. The number of thiophene rings is 1. The Morgan fingerprint density at radius 2 is 2.41 bits per heavy atom. The van der Waals surface area contributed by atoms with E-state index in [9.17, 15) is 0 Å². The third kappa shape index (κ3) is 4.09. The molecule has 1 unspecified atom stereocenters. The lowest BCUT2D eigenvalue weighted by Gasteiger charge is -2.24. The molecule has 96 valence electrons. The Morgan fingerprint density at radius 3 is 3.12 bits per heavy atom. The van der Waals surface area contributed by atoms with Gasteiger partial charge in [-0.15, -0.1) is 11.3 Å². The molecule has 1 saturated heterocycles. The minimum atomic E-state index is 0.746. The molecule has 1 aromatic heterocycles. The van der Waals surface area contributed by atoms with Gasteiger partial charge < -0.3 is 5.32 Å². The lowest BCUT2D eigenvalue weighted by Crippen LogP contribution is -2.38. The Morgan fingerprint density at radius 1 is 1.53 bits per heavy atom. The molecule has 0 bridgehead atoms. The van der Waals surface area contributed by atoms with Gasteiger partial charge in [-0.2, -0.15) is 0 Å². The van der Waals surface area contributed by atoms with E-state index in [-0.39, 0.29) is 0 Å². The summed E-state index contributed by atoms with van der Waals surface area (Å²) in [5.74, 6) is 0.752. The van der Waals surface area contributed by atoms with Gasteiger partial charge in [0.05, 0.1) is 0 Å². The second-order valence-electron chi connectivity index (χ2n) is 5.40. The number of nitrogens with one attached hydrogen (secondary N) is 1. The number of rotatable bonds is 6. The van der Waals surface area contributed by atoms with Crippen molar-refractivity contribution in [1.82, 2.24) is 10.2 Å². The van der Waals surface area contributed by atoms with Gasteiger partial charge in [0.15, 0.2) is 0 Å². The van der Waals surface area contributed by atoms with Crippen LogP contribution in [-0.4, -0.2) is 30.6 Å². The van der Waals surface area contributed by atoms with E-state index in [1.165, 1.54) is 24.3 Å². The minimum absolute atomic E-state index is 0.746. The van der Waals surface area contributed by atoms with Crippen molar-refractivity contribution in [3.05, 3.63) is 22.4 Å². The van der Waals surface area contributed by atoms with E-state index < -0.39 is 0 Å². The quantitative estimate of drug-likeness (QED) is 0.837. The van der Waals surface area contributed by atoms with E-state index in [1.54, 1.807) is 0 Å². The van der Waals surface area contributed by atoms with Crippen LogP contribution in [0, 0.1) is 5.92 Å². The first-order valence-corrected chi connectivity index (χ1v) is 7.61. The fourth-order valence-electron chi connectivity index (χ4n) is 2.48. The van der Waals surface area contributed by atoms with Gasteiger partial charge in [0.2, 0.25) is 0 Å². The first-order chi connectivity index (χ1) is 8.25. The first kappa shape index (κ1) is 13.1. The van der Waals surface area contributed by atoms with Crippen LogP contribution in [0.15, 0.2) is 17.5 Å². The highest BCUT2D eigenvalue weighted by Gasteiger charge is 2.24. The molecule has 1 aliphatic rings. The monoisotopic (exact) mass is 252 g/mol. The maximum Gasteiger partial charge on any atom is 0.0331 e. The fourth-order valence-corrected chi connectivity index (χ4v) is 3.21. The van der Waals surface area contributed by atoms with Crippen molar-refractivity contribution in [2.45, 2.75) is 39.3 Å². The second-order valence-corrected chi connectivity index (χ2v) is 6.43. The molecule has 0 aliphatic carbocycles. The predicted octanol–water partition coefficient (Wildman–Crippen LogP) is 2.96. The molecular weight excluding hydrogens is 228 g/mol. The van der Waals surface area contributed by atoms with Gasteiger partial charge in [-0.1, -0.05) is 19.9 Å². The summed E-state index contributed by atoms with van der Waals surface area (Å²) in [6.07, 6.45) is 2.72. The summed E-state index contributed by atoms with van der Waals surface area (Å²) in [4.78, 5) is 4.14. The summed E-state index contributed by atoms with van der Waals surface area (Å²) in [7, 11) is 0. The molecular formula is C14H24N2S. The lowest BCUT2D eigenvalue weighted by molar-refractivity contribution is 0.239. The molecule has 0 saturated carbocycles. The minimum Gasteiger partial charge on any atom is -0.315 e. The van der Waals surface area contributed by atoms with Crippen molar-refractivity contribution in [2.75, 3.05) is 19.6 Å². The van der Waals surface area contributed by atoms with Gasteiger partial charge in [0.25, 0.3) is 0 Å². The molecule has 1 fully saturated rings. The van der Waals surface area contributed by atoms with E-state index in [0.717, 1.165) is 31.6 Å². The summed E-state index contributed by atoms with van der Waals surface area (Å²) >= 11 is 1.88. The predicted molar refractivity (Wildman–Crippen MR) is 75.5 cm³/mol. The third-order valence-corrected chi connectivity index (χ3v) is 4.23. The molecule has 0 spiro atoms. The average Bonchev–Trinajstić information content (AvgIpc) is 2.91. The molecule has 2 nitrogen and oxygen atoms in total. The van der Waals surface area contributed by atoms with Crippen molar-refractivity contribution in [2.24, 2.45) is 5.92 Å². The molecule has 0 aromatic carbocycles. The van der Waals surface area contributed by atoms with Gasteiger partial charge >= 0.3 is 0 Å². The summed E-state index contributed by atoms with van der Waals surface area (Å²) in [5.41, 5.74) is 0. The average molecular weight is 252 g/mol. The van der Waals surface area contributed by atoms with Gasteiger partial charge in [0, 0.05) is 24.0 Å². The van der Waals surface area contributed by atoms with Crippen LogP contribution >= 0.6 is 11.3 Å². The van der Waals surface area contributed by atoms with Gasteiger partial charge in [-0.25, -0.2) is 0 Å². The number of hydrogen-bond donors (Lipinski definition) is 1. The number of hydrogen-bond acceptors (Lipinski definition) is 3. The smallest absolute Gasteiger partial charge is 0.0331 e.